The molecule has 1 aromatic carbocycles. The van der Waals surface area contributed by atoms with Crippen LogP contribution in [0.1, 0.15) is 37.7 Å². The monoisotopic (exact) mass is 309 g/mol. The zero-order valence-electron chi connectivity index (χ0n) is 12.8. The summed E-state index contributed by atoms with van der Waals surface area (Å²) in [6.07, 6.45) is 8.58. The van der Waals surface area contributed by atoms with Crippen molar-refractivity contribution < 1.29 is 9.47 Å². The molecule has 4 heteroatoms. The summed E-state index contributed by atoms with van der Waals surface area (Å²) in [5, 5.41) is 0.558. The average Bonchev–Trinajstić information content (AvgIpc) is 2.52. The molecule has 2 N–H and O–H groups in total. The Morgan fingerprint density at radius 1 is 1.24 bits per heavy atom. The second kappa shape index (κ2) is 7.71. The minimum atomic E-state index is 0.558. The molecule has 0 unspecified atom stereocenters. The predicted molar refractivity (Wildman–Crippen MR) is 88.2 cm³/mol. The van der Waals surface area contributed by atoms with Crippen LogP contribution in [0.15, 0.2) is 17.7 Å². The van der Waals surface area contributed by atoms with Crippen LogP contribution >= 0.6 is 11.6 Å². The number of benzene rings is 1. The number of hydrogen-bond donors (Lipinski definition) is 1. The van der Waals surface area contributed by atoms with Gasteiger partial charge in [-0.15, -0.1) is 0 Å². The number of hydrogen-bond acceptors (Lipinski definition) is 3. The zero-order chi connectivity index (χ0) is 15.2. The molecule has 2 rings (SSSR count). The van der Waals surface area contributed by atoms with Crippen LogP contribution in [0, 0.1) is 5.92 Å². The van der Waals surface area contributed by atoms with Crippen molar-refractivity contribution in [1.29, 1.82) is 0 Å². The lowest BCUT2D eigenvalue weighted by Gasteiger charge is -2.24. The maximum Gasteiger partial charge on any atom is 0.179 e. The van der Waals surface area contributed by atoms with Crippen molar-refractivity contribution in [2.45, 2.75) is 32.1 Å². The molecule has 0 bridgehead atoms. The largest absolute Gasteiger partial charge is 0.493 e. The van der Waals surface area contributed by atoms with E-state index in [2.05, 4.69) is 6.08 Å². The second-order valence-corrected chi connectivity index (χ2v) is 5.90. The third-order valence-electron chi connectivity index (χ3n) is 4.17. The van der Waals surface area contributed by atoms with Crippen LogP contribution in [-0.4, -0.2) is 20.8 Å². The van der Waals surface area contributed by atoms with Crippen LogP contribution in [0.25, 0.3) is 6.08 Å². The molecule has 1 aromatic rings. The SMILES string of the molecule is COc1cc(/C=C(/CN)C2CCCCC2)cc(Cl)c1OC. The van der Waals surface area contributed by atoms with Crippen LogP contribution in [0.4, 0.5) is 0 Å². The van der Waals surface area contributed by atoms with Gasteiger partial charge in [-0.2, -0.15) is 0 Å². The molecule has 0 aliphatic heterocycles. The lowest BCUT2D eigenvalue weighted by Crippen LogP contribution is -2.16. The van der Waals surface area contributed by atoms with Crippen LogP contribution in [-0.2, 0) is 0 Å². The quantitative estimate of drug-likeness (QED) is 0.883. The summed E-state index contributed by atoms with van der Waals surface area (Å²) in [6, 6.07) is 3.85. The smallest absolute Gasteiger partial charge is 0.179 e. The summed E-state index contributed by atoms with van der Waals surface area (Å²) in [5.41, 5.74) is 8.28. The minimum absolute atomic E-state index is 0.558. The van der Waals surface area contributed by atoms with Gasteiger partial charge in [0, 0.05) is 6.54 Å². The van der Waals surface area contributed by atoms with Gasteiger partial charge in [-0.1, -0.05) is 42.5 Å². The van der Waals surface area contributed by atoms with Crippen LogP contribution in [0.5, 0.6) is 11.5 Å². The highest BCUT2D eigenvalue weighted by Gasteiger charge is 2.17. The van der Waals surface area contributed by atoms with E-state index in [1.807, 2.05) is 12.1 Å². The molecular formula is C17H24ClNO2. The van der Waals surface area contributed by atoms with Crippen molar-refractivity contribution >= 4 is 17.7 Å². The first-order valence-electron chi connectivity index (χ1n) is 7.51. The molecule has 116 valence electrons. The van der Waals surface area contributed by atoms with Crippen LogP contribution < -0.4 is 15.2 Å². The summed E-state index contributed by atoms with van der Waals surface area (Å²) >= 11 is 6.26. The van der Waals surface area contributed by atoms with E-state index in [1.54, 1.807) is 14.2 Å². The van der Waals surface area contributed by atoms with Crippen LogP contribution in [0.3, 0.4) is 0 Å². The molecule has 1 saturated carbocycles. The van der Waals surface area contributed by atoms with Crippen molar-refractivity contribution in [3.8, 4) is 11.5 Å². The maximum absolute atomic E-state index is 6.26. The van der Waals surface area contributed by atoms with Gasteiger partial charge >= 0.3 is 0 Å². The molecule has 1 aliphatic carbocycles. The molecule has 1 aliphatic rings. The summed E-state index contributed by atoms with van der Waals surface area (Å²) in [5.74, 6) is 1.83. The van der Waals surface area contributed by atoms with Crippen molar-refractivity contribution in [3.05, 3.63) is 28.3 Å². The highest BCUT2D eigenvalue weighted by atomic mass is 35.5. The van der Waals surface area contributed by atoms with E-state index in [9.17, 15) is 0 Å². The van der Waals surface area contributed by atoms with E-state index < -0.39 is 0 Å². The highest BCUT2D eigenvalue weighted by Crippen LogP contribution is 2.37. The fraction of sp³-hybridized carbons (Fsp3) is 0.529. The van der Waals surface area contributed by atoms with Gasteiger partial charge < -0.3 is 15.2 Å². The molecule has 0 aromatic heterocycles. The average molecular weight is 310 g/mol. The number of ether oxygens (including phenoxy) is 2. The molecule has 0 saturated heterocycles. The Morgan fingerprint density at radius 2 is 1.95 bits per heavy atom. The van der Waals surface area contributed by atoms with E-state index in [-0.39, 0.29) is 0 Å². The first-order chi connectivity index (χ1) is 10.2. The van der Waals surface area contributed by atoms with Gasteiger partial charge in [-0.3, -0.25) is 0 Å². The van der Waals surface area contributed by atoms with Gasteiger partial charge in [0.1, 0.15) is 0 Å². The fourth-order valence-corrected chi connectivity index (χ4v) is 3.35. The first-order valence-corrected chi connectivity index (χ1v) is 7.89. The molecular weight excluding hydrogens is 286 g/mol. The van der Waals surface area contributed by atoms with E-state index in [0.717, 1.165) is 5.56 Å². The fourth-order valence-electron chi connectivity index (χ4n) is 3.05. The van der Waals surface area contributed by atoms with Gasteiger partial charge in [0.25, 0.3) is 0 Å². The Bertz CT molecular complexity index is 508. The molecule has 1 fully saturated rings. The van der Waals surface area contributed by atoms with E-state index in [4.69, 9.17) is 26.8 Å². The van der Waals surface area contributed by atoms with Crippen molar-refractivity contribution in [2.75, 3.05) is 20.8 Å². The maximum atomic E-state index is 6.26. The second-order valence-electron chi connectivity index (χ2n) is 5.50. The molecule has 3 nitrogen and oxygen atoms in total. The Labute approximate surface area is 132 Å². The molecule has 0 radical (unpaired) electrons. The van der Waals surface area contributed by atoms with Gasteiger partial charge in [0.15, 0.2) is 11.5 Å². The number of nitrogens with two attached hydrogens (primary N) is 1. The van der Waals surface area contributed by atoms with E-state index in [0.29, 0.717) is 29.0 Å². The Balaban J connectivity index is 2.31. The third-order valence-corrected chi connectivity index (χ3v) is 4.45. The molecule has 0 spiro atoms. The number of rotatable bonds is 5. The summed E-state index contributed by atoms with van der Waals surface area (Å²) < 4.78 is 10.6. The minimum Gasteiger partial charge on any atom is -0.493 e. The summed E-state index contributed by atoms with van der Waals surface area (Å²) in [7, 11) is 3.21. The normalized spacial score (nSPS) is 16.9. The van der Waals surface area contributed by atoms with E-state index >= 15 is 0 Å². The number of halogens is 1. The lowest BCUT2D eigenvalue weighted by atomic mass is 9.83. The Kier molecular flexibility index (Phi) is 5.95. The van der Waals surface area contributed by atoms with Crippen molar-refractivity contribution in [2.24, 2.45) is 11.7 Å². The predicted octanol–water partition coefficient (Wildman–Crippen LogP) is 4.28. The first kappa shape index (κ1) is 16.2. The van der Waals surface area contributed by atoms with Gasteiger partial charge in [0.05, 0.1) is 19.2 Å². The molecule has 0 heterocycles. The molecule has 0 amide bonds. The summed E-state index contributed by atoms with van der Waals surface area (Å²) in [4.78, 5) is 0. The standard InChI is InChI=1S/C17H24ClNO2/c1-20-16-10-12(9-15(18)17(16)21-2)8-14(11-19)13-6-4-3-5-7-13/h8-10,13H,3-7,11,19H2,1-2H3/b14-8-. The van der Waals surface area contributed by atoms with Gasteiger partial charge in [0.2, 0.25) is 0 Å². The molecule has 0 atom stereocenters. The van der Waals surface area contributed by atoms with Crippen molar-refractivity contribution in [3.63, 3.8) is 0 Å². The zero-order valence-corrected chi connectivity index (χ0v) is 13.6. The van der Waals surface area contributed by atoms with Crippen molar-refractivity contribution in [1.82, 2.24) is 0 Å². The van der Waals surface area contributed by atoms with E-state index in [1.165, 1.54) is 37.7 Å². The lowest BCUT2D eigenvalue weighted by molar-refractivity contribution is 0.355. The third kappa shape index (κ3) is 3.92. The van der Waals surface area contributed by atoms with Gasteiger partial charge in [-0.25, -0.2) is 0 Å². The Hall–Kier alpha value is -1.19. The topological polar surface area (TPSA) is 44.5 Å². The highest BCUT2D eigenvalue weighted by molar-refractivity contribution is 6.32. The molecule has 21 heavy (non-hydrogen) atoms. The Morgan fingerprint density at radius 3 is 2.52 bits per heavy atom. The van der Waals surface area contributed by atoms with Crippen LogP contribution in [0.2, 0.25) is 5.02 Å². The van der Waals surface area contributed by atoms with Gasteiger partial charge in [-0.05, 0) is 36.5 Å². The summed E-state index contributed by atoms with van der Waals surface area (Å²) in [6.45, 7) is 0.594. The number of methoxy groups -OCH3 is 2.